The fraction of sp³-hybridized carbons (Fsp3) is 0.154. The minimum atomic E-state index is -0.434. The molecule has 5 nitrogen and oxygen atoms in total. The summed E-state index contributed by atoms with van der Waals surface area (Å²) in [6.45, 7) is 1.68. The standard InChI is InChI=1S/C13H10ClN3O2S2/c1-6(11(15)18)20-13-17-16-12(19-13)10-9(14)7-4-2-3-5-8(7)21-10/h2-6H,1H3,(H2,15,18)/t6-/m0/s1. The second-order valence-corrected chi connectivity index (χ2v) is 7.00. The lowest BCUT2D eigenvalue weighted by Gasteiger charge is -2.00. The van der Waals surface area contributed by atoms with Gasteiger partial charge in [-0.1, -0.05) is 41.6 Å². The van der Waals surface area contributed by atoms with E-state index in [1.165, 1.54) is 11.3 Å². The fourth-order valence-electron chi connectivity index (χ4n) is 1.71. The Hall–Kier alpha value is -1.57. The van der Waals surface area contributed by atoms with Gasteiger partial charge in [0.05, 0.1) is 10.3 Å². The molecule has 0 aliphatic heterocycles. The lowest BCUT2D eigenvalue weighted by Crippen LogP contribution is -2.22. The summed E-state index contributed by atoms with van der Waals surface area (Å²) in [5.41, 5.74) is 5.21. The Morgan fingerprint density at radius 3 is 2.90 bits per heavy atom. The van der Waals surface area contributed by atoms with Crippen molar-refractivity contribution >= 4 is 50.7 Å². The lowest BCUT2D eigenvalue weighted by atomic mass is 10.2. The molecule has 0 aliphatic rings. The van der Waals surface area contributed by atoms with Crippen molar-refractivity contribution in [1.29, 1.82) is 0 Å². The minimum Gasteiger partial charge on any atom is -0.410 e. The SMILES string of the molecule is C[C@H](Sc1nnc(-c2sc3ccccc3c2Cl)o1)C(N)=O. The normalized spacial score (nSPS) is 12.7. The molecule has 0 saturated carbocycles. The summed E-state index contributed by atoms with van der Waals surface area (Å²) in [7, 11) is 0. The lowest BCUT2D eigenvalue weighted by molar-refractivity contribution is -0.117. The van der Waals surface area contributed by atoms with Crippen molar-refractivity contribution in [1.82, 2.24) is 10.2 Å². The van der Waals surface area contributed by atoms with Crippen molar-refractivity contribution in [3.05, 3.63) is 29.3 Å². The highest BCUT2D eigenvalue weighted by molar-refractivity contribution is 8.00. The van der Waals surface area contributed by atoms with Crippen LogP contribution in [0, 0.1) is 0 Å². The number of rotatable bonds is 4. The van der Waals surface area contributed by atoms with Gasteiger partial charge < -0.3 is 10.2 Å². The summed E-state index contributed by atoms with van der Waals surface area (Å²) in [5.74, 6) is -0.0833. The first-order chi connectivity index (χ1) is 10.1. The minimum absolute atomic E-state index is 0.296. The summed E-state index contributed by atoms with van der Waals surface area (Å²) in [4.78, 5) is 11.8. The molecule has 0 aliphatic carbocycles. The van der Waals surface area contributed by atoms with E-state index in [2.05, 4.69) is 10.2 Å². The van der Waals surface area contributed by atoms with Crippen LogP contribution in [0.1, 0.15) is 6.92 Å². The van der Waals surface area contributed by atoms with Crippen molar-refractivity contribution in [2.75, 3.05) is 0 Å². The number of hydrogen-bond donors (Lipinski definition) is 1. The van der Waals surface area contributed by atoms with Crippen LogP contribution in [-0.2, 0) is 4.79 Å². The molecule has 108 valence electrons. The molecule has 2 aromatic heterocycles. The molecule has 1 aromatic carbocycles. The zero-order valence-corrected chi connectivity index (χ0v) is 13.3. The maximum Gasteiger partial charge on any atom is 0.277 e. The van der Waals surface area contributed by atoms with Crippen LogP contribution in [0.15, 0.2) is 33.9 Å². The van der Waals surface area contributed by atoms with Crippen LogP contribution < -0.4 is 5.73 Å². The van der Waals surface area contributed by atoms with E-state index in [0.717, 1.165) is 26.7 Å². The predicted molar refractivity (Wildman–Crippen MR) is 84.6 cm³/mol. The molecule has 1 amide bonds. The van der Waals surface area contributed by atoms with Crippen molar-refractivity contribution in [2.24, 2.45) is 5.73 Å². The number of benzene rings is 1. The number of carbonyl (C=O) groups excluding carboxylic acids is 1. The van der Waals surface area contributed by atoms with Crippen molar-refractivity contribution in [3.63, 3.8) is 0 Å². The summed E-state index contributed by atoms with van der Waals surface area (Å²) >= 11 is 8.97. The molecule has 0 radical (unpaired) electrons. The molecular weight excluding hydrogens is 330 g/mol. The van der Waals surface area contributed by atoms with Gasteiger partial charge in [-0.3, -0.25) is 4.79 Å². The summed E-state index contributed by atoms with van der Waals surface area (Å²) < 4.78 is 6.61. The maximum absolute atomic E-state index is 11.0. The fourth-order valence-corrected chi connectivity index (χ4v) is 3.78. The molecule has 3 rings (SSSR count). The van der Waals surface area contributed by atoms with E-state index in [-0.39, 0.29) is 0 Å². The third kappa shape index (κ3) is 2.76. The van der Waals surface area contributed by atoms with Gasteiger partial charge >= 0.3 is 0 Å². The van der Waals surface area contributed by atoms with Crippen molar-refractivity contribution in [2.45, 2.75) is 17.4 Å². The number of amides is 1. The van der Waals surface area contributed by atoms with Gasteiger partial charge in [0.15, 0.2) is 0 Å². The largest absolute Gasteiger partial charge is 0.410 e. The van der Waals surface area contributed by atoms with E-state index < -0.39 is 11.2 Å². The van der Waals surface area contributed by atoms with Crippen LogP contribution in [0.25, 0.3) is 20.9 Å². The third-order valence-electron chi connectivity index (χ3n) is 2.81. The first-order valence-electron chi connectivity index (χ1n) is 6.03. The van der Waals surface area contributed by atoms with Gasteiger partial charge in [0.1, 0.15) is 4.88 Å². The van der Waals surface area contributed by atoms with E-state index in [1.807, 2.05) is 24.3 Å². The average molecular weight is 340 g/mol. The Morgan fingerprint density at radius 1 is 1.43 bits per heavy atom. The second-order valence-electron chi connectivity index (χ2n) is 4.28. The molecule has 0 fully saturated rings. The Kier molecular flexibility index (Phi) is 3.88. The molecular formula is C13H10ClN3O2S2. The molecule has 0 unspecified atom stereocenters. The molecule has 3 aromatic rings. The molecule has 2 N–H and O–H groups in total. The van der Waals surface area contributed by atoms with Crippen LogP contribution in [0.3, 0.4) is 0 Å². The Morgan fingerprint density at radius 2 is 2.19 bits per heavy atom. The van der Waals surface area contributed by atoms with Crippen LogP contribution in [0.5, 0.6) is 0 Å². The first kappa shape index (κ1) is 14.4. The number of thioether (sulfide) groups is 1. The summed E-state index contributed by atoms with van der Waals surface area (Å²) in [6, 6.07) is 7.80. The van der Waals surface area contributed by atoms with E-state index in [0.29, 0.717) is 16.1 Å². The third-order valence-corrected chi connectivity index (χ3v) is 5.43. The predicted octanol–water partition coefficient (Wildman–Crippen LogP) is 3.57. The zero-order chi connectivity index (χ0) is 15.0. The second kappa shape index (κ2) is 5.67. The zero-order valence-electron chi connectivity index (χ0n) is 10.9. The summed E-state index contributed by atoms with van der Waals surface area (Å²) in [5, 5.41) is 9.32. The van der Waals surface area contributed by atoms with Crippen LogP contribution in [0.4, 0.5) is 0 Å². The highest BCUT2D eigenvalue weighted by Gasteiger charge is 2.20. The highest BCUT2D eigenvalue weighted by atomic mass is 35.5. The number of carbonyl (C=O) groups is 1. The number of nitrogens with zero attached hydrogens (tertiary/aromatic N) is 2. The number of primary amides is 1. The molecule has 2 heterocycles. The van der Waals surface area contributed by atoms with Crippen molar-refractivity contribution in [3.8, 4) is 10.8 Å². The topological polar surface area (TPSA) is 82.0 Å². The van der Waals surface area contributed by atoms with Gasteiger partial charge in [0.25, 0.3) is 11.1 Å². The first-order valence-corrected chi connectivity index (χ1v) is 8.10. The van der Waals surface area contributed by atoms with Crippen molar-refractivity contribution < 1.29 is 9.21 Å². The van der Waals surface area contributed by atoms with Gasteiger partial charge in [-0.25, -0.2) is 0 Å². The quantitative estimate of drug-likeness (QED) is 0.735. The Bertz CT molecular complexity index is 815. The smallest absolute Gasteiger partial charge is 0.277 e. The Balaban J connectivity index is 1.95. The molecule has 8 heteroatoms. The summed E-state index contributed by atoms with van der Waals surface area (Å²) in [6.07, 6.45) is 0. The van der Waals surface area contributed by atoms with Crippen LogP contribution in [-0.4, -0.2) is 21.4 Å². The van der Waals surface area contributed by atoms with Gasteiger partial charge in [0.2, 0.25) is 5.91 Å². The highest BCUT2D eigenvalue weighted by Crippen LogP contribution is 2.41. The average Bonchev–Trinajstić information content (AvgIpc) is 3.04. The number of fused-ring (bicyclic) bond motifs is 1. The molecule has 0 spiro atoms. The Labute approximate surface area is 133 Å². The number of hydrogen-bond acceptors (Lipinski definition) is 6. The van der Waals surface area contributed by atoms with Gasteiger partial charge in [-0.2, -0.15) is 0 Å². The van der Waals surface area contributed by atoms with Gasteiger partial charge in [-0.05, 0) is 13.0 Å². The maximum atomic E-state index is 11.0. The monoisotopic (exact) mass is 339 g/mol. The van der Waals surface area contributed by atoms with E-state index in [9.17, 15) is 4.79 Å². The van der Waals surface area contributed by atoms with E-state index in [4.69, 9.17) is 21.8 Å². The van der Waals surface area contributed by atoms with E-state index >= 15 is 0 Å². The van der Waals surface area contributed by atoms with Crippen LogP contribution >= 0.6 is 34.7 Å². The van der Waals surface area contributed by atoms with E-state index in [1.54, 1.807) is 6.92 Å². The molecule has 1 atom stereocenters. The van der Waals surface area contributed by atoms with Gasteiger partial charge in [0, 0.05) is 10.1 Å². The number of halogens is 1. The number of aromatic nitrogens is 2. The number of thiophene rings is 1. The van der Waals surface area contributed by atoms with Crippen LogP contribution in [0.2, 0.25) is 5.02 Å². The van der Waals surface area contributed by atoms with Gasteiger partial charge in [-0.15, -0.1) is 21.5 Å². The molecule has 0 saturated heterocycles. The molecule has 21 heavy (non-hydrogen) atoms. The number of nitrogens with two attached hydrogens (primary N) is 1. The molecule has 0 bridgehead atoms.